The summed E-state index contributed by atoms with van der Waals surface area (Å²) < 4.78 is 4.19. The predicted octanol–water partition coefficient (Wildman–Crippen LogP) is 3.48. The molecule has 0 radical (unpaired) electrons. The van der Waals surface area contributed by atoms with Crippen molar-refractivity contribution in [2.75, 3.05) is 0 Å². The SMILES string of the molecule is [CH3][Zr]([CH]1C=CC=C1)[CH]1C=CC=C1. The van der Waals surface area contributed by atoms with Crippen LogP contribution < -0.4 is 0 Å². The van der Waals surface area contributed by atoms with Gasteiger partial charge in [0.1, 0.15) is 0 Å². The number of hydrogen-bond donors (Lipinski definition) is 0. The van der Waals surface area contributed by atoms with Crippen molar-refractivity contribution in [3.63, 3.8) is 0 Å². The van der Waals surface area contributed by atoms with E-state index >= 15 is 0 Å². The molecule has 2 aliphatic carbocycles. The Kier molecular flexibility index (Phi) is 2.61. The fourth-order valence-electron chi connectivity index (χ4n) is 1.69. The molecule has 0 nitrogen and oxygen atoms in total. The Hall–Kier alpha value is -0.157. The van der Waals surface area contributed by atoms with Gasteiger partial charge in [-0.3, -0.25) is 0 Å². The summed E-state index contributed by atoms with van der Waals surface area (Å²) in [6.07, 6.45) is 18.2. The van der Waals surface area contributed by atoms with E-state index in [2.05, 4.69) is 53.2 Å². The average molecular weight is 236 g/mol. The van der Waals surface area contributed by atoms with Gasteiger partial charge in [0.2, 0.25) is 0 Å². The van der Waals surface area contributed by atoms with Gasteiger partial charge in [-0.15, -0.1) is 0 Å². The van der Waals surface area contributed by atoms with Gasteiger partial charge < -0.3 is 0 Å². The second kappa shape index (κ2) is 3.70. The summed E-state index contributed by atoms with van der Waals surface area (Å²) in [5.41, 5.74) is 0. The number of hydrogen-bond acceptors (Lipinski definition) is 0. The Morgan fingerprint density at radius 3 is 1.42 bits per heavy atom. The minimum atomic E-state index is -1.22. The van der Waals surface area contributed by atoms with Gasteiger partial charge in [-0.05, 0) is 0 Å². The maximum atomic E-state index is 2.51. The third kappa shape index (κ3) is 1.61. The molecule has 0 aromatic carbocycles. The van der Waals surface area contributed by atoms with Crippen LogP contribution in [-0.4, -0.2) is 0 Å². The molecule has 0 spiro atoms. The Balaban J connectivity index is 2.04. The average Bonchev–Trinajstić information content (AvgIpc) is 2.77. The third-order valence-corrected chi connectivity index (χ3v) is 9.61. The predicted molar refractivity (Wildman–Crippen MR) is 49.9 cm³/mol. The van der Waals surface area contributed by atoms with Crippen LogP contribution in [0.25, 0.3) is 0 Å². The molecule has 2 rings (SSSR count). The molecule has 0 heterocycles. The second-order valence-electron chi connectivity index (χ2n) is 3.34. The van der Waals surface area contributed by atoms with Crippen LogP contribution in [0.2, 0.25) is 11.9 Å². The van der Waals surface area contributed by atoms with Crippen LogP contribution in [0.5, 0.6) is 0 Å². The molecule has 0 aromatic rings. The molecule has 0 atom stereocenters. The van der Waals surface area contributed by atoms with Crippen molar-refractivity contribution in [1.29, 1.82) is 0 Å². The van der Waals surface area contributed by atoms with Gasteiger partial charge in [0.25, 0.3) is 0 Å². The summed E-state index contributed by atoms with van der Waals surface area (Å²) in [6.45, 7) is 0. The zero-order valence-corrected chi connectivity index (χ0v) is 9.73. The van der Waals surface area contributed by atoms with Gasteiger partial charge in [-0.1, -0.05) is 0 Å². The zero-order valence-electron chi connectivity index (χ0n) is 7.27. The van der Waals surface area contributed by atoms with Crippen molar-refractivity contribution in [1.82, 2.24) is 0 Å². The van der Waals surface area contributed by atoms with E-state index in [4.69, 9.17) is 0 Å². The Morgan fingerprint density at radius 2 is 1.08 bits per heavy atom. The van der Waals surface area contributed by atoms with Crippen LogP contribution in [0.15, 0.2) is 48.6 Å². The molecule has 2 aliphatic rings. The van der Waals surface area contributed by atoms with Gasteiger partial charge in [0, 0.05) is 0 Å². The van der Waals surface area contributed by atoms with Crippen LogP contribution in [0.4, 0.5) is 0 Å². The monoisotopic (exact) mass is 235 g/mol. The van der Waals surface area contributed by atoms with E-state index in [-0.39, 0.29) is 0 Å². The van der Waals surface area contributed by atoms with Crippen LogP contribution in [-0.2, 0) is 21.8 Å². The van der Waals surface area contributed by atoms with Gasteiger partial charge in [-0.25, -0.2) is 0 Å². The first-order valence-electron chi connectivity index (χ1n) is 4.41. The molecule has 0 saturated carbocycles. The van der Waals surface area contributed by atoms with Crippen molar-refractivity contribution in [3.8, 4) is 0 Å². The molecule has 0 aromatic heterocycles. The van der Waals surface area contributed by atoms with E-state index in [1.807, 2.05) is 0 Å². The zero-order chi connectivity index (χ0) is 8.39. The summed E-state index contributed by atoms with van der Waals surface area (Å²) in [6, 6.07) is 0. The first kappa shape index (κ1) is 8.44. The number of allylic oxidation sites excluding steroid dienone is 8. The molecule has 12 heavy (non-hydrogen) atoms. The van der Waals surface area contributed by atoms with Gasteiger partial charge >= 0.3 is 82.2 Å². The molecule has 0 bridgehead atoms. The van der Waals surface area contributed by atoms with Gasteiger partial charge in [0.15, 0.2) is 0 Å². The second-order valence-corrected chi connectivity index (χ2v) is 10.3. The normalized spacial score (nSPS) is 21.4. The summed E-state index contributed by atoms with van der Waals surface area (Å²) in [5.74, 6) is 0. The van der Waals surface area contributed by atoms with E-state index in [0.717, 1.165) is 7.25 Å². The van der Waals surface area contributed by atoms with Gasteiger partial charge in [0.05, 0.1) is 0 Å². The fraction of sp³-hybridized carbons (Fsp3) is 0.273. The van der Waals surface area contributed by atoms with Gasteiger partial charge in [-0.2, -0.15) is 0 Å². The first-order chi connectivity index (χ1) is 5.88. The molecule has 0 amide bonds. The van der Waals surface area contributed by atoms with Crippen molar-refractivity contribution < 1.29 is 21.8 Å². The Morgan fingerprint density at radius 1 is 0.750 bits per heavy atom. The van der Waals surface area contributed by atoms with E-state index < -0.39 is 21.8 Å². The van der Waals surface area contributed by atoms with E-state index in [1.54, 1.807) is 0 Å². The van der Waals surface area contributed by atoms with E-state index in [1.165, 1.54) is 0 Å². The molecule has 0 fully saturated rings. The molecular formula is C11H13Zr. The minimum absolute atomic E-state index is 0.838. The molecule has 0 saturated heterocycles. The molecule has 0 unspecified atom stereocenters. The summed E-state index contributed by atoms with van der Waals surface area (Å²) in [7, 11) is 0. The first-order valence-corrected chi connectivity index (χ1v) is 9.71. The molecule has 1 heteroatoms. The molecular weight excluding hydrogens is 223 g/mol. The van der Waals surface area contributed by atoms with Crippen LogP contribution in [0.1, 0.15) is 0 Å². The van der Waals surface area contributed by atoms with Crippen molar-refractivity contribution >= 4 is 0 Å². The molecule has 0 N–H and O–H groups in total. The quantitative estimate of drug-likeness (QED) is 0.688. The Labute approximate surface area is 82.0 Å². The van der Waals surface area contributed by atoms with Crippen molar-refractivity contribution in [3.05, 3.63) is 48.6 Å². The van der Waals surface area contributed by atoms with Crippen molar-refractivity contribution in [2.45, 2.75) is 11.9 Å². The fourth-order valence-corrected chi connectivity index (χ4v) is 6.86. The Bertz CT molecular complexity index is 219. The summed E-state index contributed by atoms with van der Waals surface area (Å²) >= 11 is -1.22. The van der Waals surface area contributed by atoms with Crippen molar-refractivity contribution in [2.24, 2.45) is 0 Å². The number of rotatable bonds is 2. The van der Waals surface area contributed by atoms with Crippen LogP contribution in [0, 0.1) is 0 Å². The van der Waals surface area contributed by atoms with Crippen LogP contribution in [0.3, 0.4) is 0 Å². The van der Waals surface area contributed by atoms with E-state index in [0.29, 0.717) is 0 Å². The molecule has 0 aliphatic heterocycles. The summed E-state index contributed by atoms with van der Waals surface area (Å²) in [5, 5.41) is 0. The van der Waals surface area contributed by atoms with E-state index in [9.17, 15) is 0 Å². The standard InChI is InChI=1S/2C5H5.CH3.Zr/c2*1-2-4-5-3-1;;/h2*1-5H;1H3;. The third-order valence-electron chi connectivity index (χ3n) is 2.55. The topological polar surface area (TPSA) is 0 Å². The maximum absolute atomic E-state index is 2.51. The summed E-state index contributed by atoms with van der Waals surface area (Å²) in [4.78, 5) is 0. The van der Waals surface area contributed by atoms with Crippen LogP contribution >= 0.6 is 0 Å². The molecule has 61 valence electrons.